The van der Waals surface area contributed by atoms with Crippen molar-refractivity contribution in [3.63, 3.8) is 0 Å². The molecule has 4 rings (SSSR count). The van der Waals surface area contributed by atoms with Gasteiger partial charge in [-0.25, -0.2) is 4.99 Å². The van der Waals surface area contributed by atoms with Gasteiger partial charge in [0.2, 0.25) is 0 Å². The van der Waals surface area contributed by atoms with Crippen LogP contribution in [0.25, 0.3) is 6.08 Å². The molecule has 1 saturated heterocycles. The summed E-state index contributed by atoms with van der Waals surface area (Å²) in [5.74, 6) is 1.13. The fourth-order valence-corrected chi connectivity index (χ4v) is 5.44. The molecule has 5 nitrogen and oxygen atoms in total. The van der Waals surface area contributed by atoms with Crippen LogP contribution < -0.4 is 9.47 Å². The minimum Gasteiger partial charge on any atom is -0.493 e. The van der Waals surface area contributed by atoms with Gasteiger partial charge in [-0.3, -0.25) is 9.69 Å². The summed E-state index contributed by atoms with van der Waals surface area (Å²) in [6.45, 7) is 4.37. The second kappa shape index (κ2) is 11.5. The Hall–Kier alpha value is -2.55. The Morgan fingerprint density at radius 2 is 1.77 bits per heavy atom. The first-order valence-corrected chi connectivity index (χ1v) is 13.4. The summed E-state index contributed by atoms with van der Waals surface area (Å²) >= 11 is 8.43. The lowest BCUT2D eigenvalue weighted by atomic mass is 10.1. The number of carbonyl (C=O) groups is 1. The molecule has 0 N–H and O–H groups in total. The van der Waals surface area contributed by atoms with E-state index in [1.807, 2.05) is 86.7 Å². The van der Waals surface area contributed by atoms with Crippen LogP contribution in [0.2, 0.25) is 0 Å². The maximum absolute atomic E-state index is 13.2. The first kappa shape index (κ1) is 25.5. The van der Waals surface area contributed by atoms with E-state index in [0.29, 0.717) is 28.2 Å². The van der Waals surface area contributed by atoms with E-state index < -0.39 is 0 Å². The van der Waals surface area contributed by atoms with Crippen LogP contribution in [-0.4, -0.2) is 29.1 Å². The lowest BCUT2D eigenvalue weighted by molar-refractivity contribution is -0.123. The molecule has 0 aliphatic carbocycles. The first-order chi connectivity index (χ1) is 16.9. The molecule has 0 radical (unpaired) electrons. The van der Waals surface area contributed by atoms with Crippen molar-refractivity contribution in [3.8, 4) is 11.5 Å². The summed E-state index contributed by atoms with van der Waals surface area (Å²) in [6.07, 6.45) is 1.86. The number of carbonyl (C=O) groups excluding carboxylic acids is 1. The highest BCUT2D eigenvalue weighted by Gasteiger charge is 2.35. The summed E-state index contributed by atoms with van der Waals surface area (Å²) in [5, 5.41) is 0.669. The summed E-state index contributed by atoms with van der Waals surface area (Å²) in [4.78, 5) is 20.3. The molecule has 1 aliphatic heterocycles. The van der Waals surface area contributed by atoms with Crippen molar-refractivity contribution >= 4 is 66.5 Å². The van der Waals surface area contributed by atoms with Crippen molar-refractivity contribution in [1.29, 1.82) is 0 Å². The molecule has 180 valence electrons. The van der Waals surface area contributed by atoms with Crippen molar-refractivity contribution in [2.75, 3.05) is 7.11 Å². The molecule has 3 aromatic rings. The average molecular weight is 616 g/mol. The molecule has 0 spiro atoms. The molecular formula is C27H24Br2N2O3S. The van der Waals surface area contributed by atoms with E-state index in [4.69, 9.17) is 14.5 Å². The molecule has 0 saturated carbocycles. The van der Waals surface area contributed by atoms with E-state index in [1.165, 1.54) is 11.8 Å². The Balaban J connectivity index is 1.60. The predicted octanol–water partition coefficient (Wildman–Crippen LogP) is 7.81. The smallest absolute Gasteiger partial charge is 0.266 e. The molecular weight excluding hydrogens is 592 g/mol. The van der Waals surface area contributed by atoms with Crippen molar-refractivity contribution in [3.05, 3.63) is 91.7 Å². The quantitative estimate of drug-likeness (QED) is 0.254. The summed E-state index contributed by atoms with van der Waals surface area (Å²) < 4.78 is 13.4. The number of thioether (sulfide) groups is 1. The largest absolute Gasteiger partial charge is 0.493 e. The molecule has 1 amide bonds. The van der Waals surface area contributed by atoms with Crippen LogP contribution in [-0.2, 0) is 11.4 Å². The normalized spacial score (nSPS) is 15.9. The standard InChI is InChI=1S/C27H24Br2N2O3S/c1-17(2)31-26(32)24(35-27(31)30-21-7-5-4-6-8-21)15-19-13-22(29)25(23(14-19)33-3)34-16-18-9-11-20(28)12-10-18/h4-15,17H,16H2,1-3H3/b24-15+,30-27?. The lowest BCUT2D eigenvalue weighted by Crippen LogP contribution is -2.35. The number of aliphatic imine (C=N–C) groups is 1. The minimum absolute atomic E-state index is 0.0148. The van der Waals surface area contributed by atoms with Crippen LogP contribution >= 0.6 is 43.6 Å². The van der Waals surface area contributed by atoms with Gasteiger partial charge < -0.3 is 9.47 Å². The summed E-state index contributed by atoms with van der Waals surface area (Å²) in [7, 11) is 1.60. The van der Waals surface area contributed by atoms with Crippen molar-refractivity contribution in [2.45, 2.75) is 26.5 Å². The van der Waals surface area contributed by atoms with Gasteiger partial charge in [0.25, 0.3) is 5.91 Å². The van der Waals surface area contributed by atoms with Gasteiger partial charge >= 0.3 is 0 Å². The molecule has 0 aromatic heterocycles. The van der Waals surface area contributed by atoms with Crippen LogP contribution in [0, 0.1) is 0 Å². The van der Waals surface area contributed by atoms with Gasteiger partial charge in [0.05, 0.1) is 22.2 Å². The second-order valence-electron chi connectivity index (χ2n) is 8.06. The van der Waals surface area contributed by atoms with Crippen LogP contribution in [0.15, 0.2) is 85.6 Å². The number of para-hydroxylation sites is 1. The van der Waals surface area contributed by atoms with Crippen LogP contribution in [0.5, 0.6) is 11.5 Å². The zero-order chi connectivity index (χ0) is 24.9. The number of nitrogens with zero attached hydrogens (tertiary/aromatic N) is 2. The molecule has 3 aromatic carbocycles. The third kappa shape index (κ3) is 6.18. The van der Waals surface area contributed by atoms with Gasteiger partial charge in [0, 0.05) is 10.5 Å². The van der Waals surface area contributed by atoms with E-state index in [2.05, 4.69) is 31.9 Å². The predicted molar refractivity (Wildman–Crippen MR) is 150 cm³/mol. The third-order valence-corrected chi connectivity index (χ3v) is 7.28. The monoisotopic (exact) mass is 614 g/mol. The number of halogens is 2. The fourth-order valence-electron chi connectivity index (χ4n) is 3.48. The van der Waals surface area contributed by atoms with Crippen molar-refractivity contribution in [2.24, 2.45) is 4.99 Å². The van der Waals surface area contributed by atoms with E-state index in [-0.39, 0.29) is 11.9 Å². The van der Waals surface area contributed by atoms with E-state index in [0.717, 1.165) is 25.8 Å². The lowest BCUT2D eigenvalue weighted by Gasteiger charge is -2.19. The Morgan fingerprint density at radius 3 is 2.43 bits per heavy atom. The number of benzene rings is 3. The van der Waals surface area contributed by atoms with Crippen molar-refractivity contribution in [1.82, 2.24) is 4.90 Å². The van der Waals surface area contributed by atoms with Gasteiger partial charge in [-0.1, -0.05) is 46.3 Å². The highest BCUT2D eigenvalue weighted by molar-refractivity contribution is 9.10. The highest BCUT2D eigenvalue weighted by atomic mass is 79.9. The summed E-state index contributed by atoms with van der Waals surface area (Å²) in [5.41, 5.74) is 2.68. The maximum atomic E-state index is 13.2. The van der Waals surface area contributed by atoms with Crippen LogP contribution in [0.4, 0.5) is 5.69 Å². The molecule has 0 atom stereocenters. The number of methoxy groups -OCH3 is 1. The molecule has 1 fully saturated rings. The van der Waals surface area contributed by atoms with Gasteiger partial charge in [0.1, 0.15) is 6.61 Å². The van der Waals surface area contributed by atoms with Crippen molar-refractivity contribution < 1.29 is 14.3 Å². The fraction of sp³-hybridized carbons (Fsp3) is 0.185. The van der Waals surface area contributed by atoms with E-state index in [1.54, 1.807) is 12.0 Å². The molecule has 8 heteroatoms. The Labute approximate surface area is 226 Å². The zero-order valence-electron chi connectivity index (χ0n) is 19.5. The maximum Gasteiger partial charge on any atom is 0.266 e. The summed E-state index contributed by atoms with van der Waals surface area (Å²) in [6, 6.07) is 21.4. The second-order valence-corrected chi connectivity index (χ2v) is 10.8. The van der Waals surface area contributed by atoms with E-state index >= 15 is 0 Å². The average Bonchev–Trinajstić information content (AvgIpc) is 3.14. The SMILES string of the molecule is COc1cc(/C=C2/SC(=Nc3ccccc3)N(C(C)C)C2=O)cc(Br)c1OCc1ccc(Br)cc1. The van der Waals surface area contributed by atoms with E-state index in [9.17, 15) is 4.79 Å². The molecule has 0 unspecified atom stereocenters. The first-order valence-electron chi connectivity index (χ1n) is 11.0. The zero-order valence-corrected chi connectivity index (χ0v) is 23.5. The van der Waals surface area contributed by atoms with Gasteiger partial charge in [-0.05, 0) is 95.1 Å². The third-order valence-electron chi connectivity index (χ3n) is 5.18. The van der Waals surface area contributed by atoms with Crippen LogP contribution in [0.3, 0.4) is 0 Å². The topological polar surface area (TPSA) is 51.1 Å². The van der Waals surface area contributed by atoms with Gasteiger partial charge in [-0.15, -0.1) is 0 Å². The number of hydrogen-bond donors (Lipinski definition) is 0. The Bertz CT molecular complexity index is 1280. The number of ether oxygens (including phenoxy) is 2. The number of amides is 1. The number of amidine groups is 1. The molecule has 35 heavy (non-hydrogen) atoms. The molecule has 1 heterocycles. The molecule has 1 aliphatic rings. The van der Waals surface area contributed by atoms with Gasteiger partial charge in [-0.2, -0.15) is 0 Å². The highest BCUT2D eigenvalue weighted by Crippen LogP contribution is 2.40. The van der Waals surface area contributed by atoms with Crippen LogP contribution in [0.1, 0.15) is 25.0 Å². The van der Waals surface area contributed by atoms with Gasteiger partial charge in [0.15, 0.2) is 16.7 Å². The molecule has 0 bridgehead atoms. The number of rotatable bonds is 7. The number of hydrogen-bond acceptors (Lipinski definition) is 5. The minimum atomic E-state index is -0.0645. The Kier molecular flexibility index (Phi) is 8.36. The Morgan fingerprint density at radius 1 is 1.06 bits per heavy atom.